The molecule has 1 fully saturated rings. The van der Waals surface area contributed by atoms with Gasteiger partial charge in [0.1, 0.15) is 5.82 Å². The van der Waals surface area contributed by atoms with E-state index in [0.717, 1.165) is 57.3 Å². The van der Waals surface area contributed by atoms with Crippen LogP contribution in [0.1, 0.15) is 75.7 Å². The molecule has 2 aromatic rings. The second kappa shape index (κ2) is 12.9. The summed E-state index contributed by atoms with van der Waals surface area (Å²) in [5.41, 5.74) is 6.78. The van der Waals surface area contributed by atoms with Crippen LogP contribution >= 0.6 is 0 Å². The molecule has 9 nitrogen and oxygen atoms in total. The molecule has 0 spiro atoms. The van der Waals surface area contributed by atoms with E-state index in [0.29, 0.717) is 18.7 Å². The highest BCUT2D eigenvalue weighted by atomic mass is 16.5. The van der Waals surface area contributed by atoms with Crippen molar-refractivity contribution in [2.45, 2.75) is 85.1 Å². The average molecular weight is 500 g/mol. The van der Waals surface area contributed by atoms with Crippen LogP contribution < -0.4 is 21.9 Å². The highest BCUT2D eigenvalue weighted by molar-refractivity contribution is 6.07. The summed E-state index contributed by atoms with van der Waals surface area (Å²) < 4.78 is 7.17. The van der Waals surface area contributed by atoms with Crippen LogP contribution in [0.5, 0.6) is 0 Å². The van der Waals surface area contributed by atoms with E-state index in [9.17, 15) is 14.4 Å². The number of benzene rings is 1. The zero-order valence-electron chi connectivity index (χ0n) is 22.1. The zero-order valence-corrected chi connectivity index (χ0v) is 22.1. The normalized spacial score (nSPS) is 18.3. The second-order valence-corrected chi connectivity index (χ2v) is 9.81. The van der Waals surface area contributed by atoms with Gasteiger partial charge in [0.2, 0.25) is 0 Å². The molecule has 1 saturated heterocycles. The van der Waals surface area contributed by atoms with Crippen molar-refractivity contribution in [1.82, 2.24) is 14.5 Å². The summed E-state index contributed by atoms with van der Waals surface area (Å²) in [6.45, 7) is 11.5. The van der Waals surface area contributed by atoms with Gasteiger partial charge in [0.25, 0.3) is 11.5 Å². The first-order chi connectivity index (χ1) is 17.2. The Morgan fingerprint density at radius 1 is 1.06 bits per heavy atom. The van der Waals surface area contributed by atoms with Gasteiger partial charge in [0, 0.05) is 38.3 Å². The molecule has 1 aromatic heterocycles. The number of morpholine rings is 1. The van der Waals surface area contributed by atoms with Crippen LogP contribution in [-0.2, 0) is 17.8 Å². The van der Waals surface area contributed by atoms with E-state index < -0.39 is 11.2 Å². The van der Waals surface area contributed by atoms with E-state index in [2.05, 4.69) is 30.7 Å². The lowest BCUT2D eigenvalue weighted by atomic mass is 10.1. The fourth-order valence-electron chi connectivity index (χ4n) is 4.79. The molecule has 1 aliphatic heterocycles. The third-order valence-electron chi connectivity index (χ3n) is 6.55. The second-order valence-electron chi connectivity index (χ2n) is 9.81. The number of carbonyl (C=O) groups is 1. The van der Waals surface area contributed by atoms with Gasteiger partial charge in [-0.1, -0.05) is 45.2 Å². The molecule has 1 amide bonds. The maximum absolute atomic E-state index is 13.6. The smallest absolute Gasteiger partial charge is 0.330 e. The number of anilines is 2. The van der Waals surface area contributed by atoms with Gasteiger partial charge in [0.15, 0.2) is 5.69 Å². The van der Waals surface area contributed by atoms with Gasteiger partial charge in [0.05, 0.1) is 12.2 Å². The molecule has 3 N–H and O–H groups in total. The molecule has 9 heteroatoms. The Morgan fingerprint density at radius 3 is 2.31 bits per heavy atom. The molecule has 198 valence electrons. The van der Waals surface area contributed by atoms with E-state index in [4.69, 9.17) is 10.5 Å². The molecule has 36 heavy (non-hydrogen) atoms. The van der Waals surface area contributed by atoms with Crippen molar-refractivity contribution >= 4 is 17.4 Å². The number of aromatic amines is 1. The Kier molecular flexibility index (Phi) is 9.89. The average Bonchev–Trinajstić information content (AvgIpc) is 2.82. The Labute approximate surface area is 213 Å². The van der Waals surface area contributed by atoms with Gasteiger partial charge in [-0.15, -0.1) is 0 Å². The number of nitrogens with two attached hydrogens (primary N) is 1. The number of hydrogen-bond acceptors (Lipinski definition) is 6. The summed E-state index contributed by atoms with van der Waals surface area (Å²) in [4.78, 5) is 45.1. The predicted octanol–water partition coefficient (Wildman–Crippen LogP) is 3.37. The number of aromatic nitrogens is 2. The van der Waals surface area contributed by atoms with E-state index in [1.165, 1.54) is 9.47 Å². The quantitative estimate of drug-likeness (QED) is 0.458. The molecule has 0 bridgehead atoms. The number of hydrogen-bond donors (Lipinski definition) is 2. The van der Waals surface area contributed by atoms with Gasteiger partial charge >= 0.3 is 5.69 Å². The van der Waals surface area contributed by atoms with E-state index in [-0.39, 0.29) is 29.6 Å². The summed E-state index contributed by atoms with van der Waals surface area (Å²) in [5.74, 6) is -0.265. The predicted molar refractivity (Wildman–Crippen MR) is 144 cm³/mol. The van der Waals surface area contributed by atoms with E-state index in [1.807, 2.05) is 19.1 Å². The highest BCUT2D eigenvalue weighted by Gasteiger charge is 2.26. The molecule has 0 radical (unpaired) electrons. The van der Waals surface area contributed by atoms with Gasteiger partial charge in [-0.05, 0) is 44.4 Å². The molecule has 0 aliphatic carbocycles. The third kappa shape index (κ3) is 6.85. The van der Waals surface area contributed by atoms with Crippen molar-refractivity contribution in [3.63, 3.8) is 0 Å². The van der Waals surface area contributed by atoms with Gasteiger partial charge < -0.3 is 15.4 Å². The number of ether oxygens (including phenoxy) is 1. The van der Waals surface area contributed by atoms with Gasteiger partial charge in [-0.25, -0.2) is 4.79 Å². The monoisotopic (exact) mass is 499 g/mol. The minimum Gasteiger partial charge on any atom is -0.383 e. The molecule has 0 saturated carbocycles. The maximum atomic E-state index is 13.6. The lowest BCUT2D eigenvalue weighted by Gasteiger charge is -2.35. The van der Waals surface area contributed by atoms with Crippen LogP contribution in [0.4, 0.5) is 11.5 Å². The highest BCUT2D eigenvalue weighted by Crippen LogP contribution is 2.22. The summed E-state index contributed by atoms with van der Waals surface area (Å²) in [5, 5.41) is 0. The summed E-state index contributed by atoms with van der Waals surface area (Å²) in [6.07, 6.45) is 4.59. The topological polar surface area (TPSA) is 114 Å². The van der Waals surface area contributed by atoms with Gasteiger partial charge in [-0.3, -0.25) is 24.0 Å². The molecule has 1 aliphatic rings. The number of amides is 1. The molecule has 2 heterocycles. The van der Waals surface area contributed by atoms with E-state index in [1.54, 1.807) is 12.1 Å². The van der Waals surface area contributed by atoms with Crippen LogP contribution in [0, 0.1) is 0 Å². The van der Waals surface area contributed by atoms with Crippen molar-refractivity contribution in [1.29, 1.82) is 0 Å². The summed E-state index contributed by atoms with van der Waals surface area (Å²) in [7, 11) is 0. The number of nitrogens with one attached hydrogen (secondary N) is 1. The minimum atomic E-state index is -0.637. The van der Waals surface area contributed by atoms with Crippen molar-refractivity contribution in [3.8, 4) is 0 Å². The van der Waals surface area contributed by atoms with Crippen LogP contribution in [0.25, 0.3) is 0 Å². The number of rotatable bonds is 11. The van der Waals surface area contributed by atoms with Crippen LogP contribution in [0.3, 0.4) is 0 Å². The zero-order chi connectivity index (χ0) is 26.2. The van der Waals surface area contributed by atoms with Crippen LogP contribution in [-0.4, -0.2) is 52.2 Å². The number of nitrogens with zero attached hydrogens (tertiary/aromatic N) is 3. The van der Waals surface area contributed by atoms with Crippen LogP contribution in [0.2, 0.25) is 0 Å². The minimum absolute atomic E-state index is 0.0363. The fraction of sp³-hybridized carbons (Fsp3) is 0.593. The maximum Gasteiger partial charge on any atom is 0.330 e. The lowest BCUT2D eigenvalue weighted by Crippen LogP contribution is -2.44. The Morgan fingerprint density at radius 2 is 1.69 bits per heavy atom. The lowest BCUT2D eigenvalue weighted by molar-refractivity contribution is -0.0704. The molecule has 2 unspecified atom stereocenters. The molecule has 2 atom stereocenters. The number of unbranched alkanes of at least 4 members (excludes halogenated alkanes) is 3. The molecule has 1 aromatic carbocycles. The first-order valence-electron chi connectivity index (χ1n) is 13.2. The first-order valence-corrected chi connectivity index (χ1v) is 13.2. The van der Waals surface area contributed by atoms with Crippen LogP contribution in [0.15, 0.2) is 33.9 Å². The SMILES string of the molecule is CCCCCN(C(=O)c1ccc(CN2CC(C)OC(C)C2)cc1)c1c(N)n(CCCC)c(=O)[nH]c1=O. The molecule has 3 rings (SSSR count). The van der Waals surface area contributed by atoms with Crippen molar-refractivity contribution in [2.75, 3.05) is 30.3 Å². The van der Waals surface area contributed by atoms with Crippen molar-refractivity contribution in [3.05, 3.63) is 56.2 Å². The Hall–Kier alpha value is -2.91. The first kappa shape index (κ1) is 27.7. The number of carbonyl (C=O) groups excluding carboxylic acids is 1. The Balaban J connectivity index is 1.87. The van der Waals surface area contributed by atoms with E-state index >= 15 is 0 Å². The fourth-order valence-corrected chi connectivity index (χ4v) is 4.79. The van der Waals surface area contributed by atoms with Crippen molar-refractivity contribution in [2.24, 2.45) is 0 Å². The summed E-state index contributed by atoms with van der Waals surface area (Å²) in [6, 6.07) is 7.51. The Bertz CT molecular complexity index is 1110. The van der Waals surface area contributed by atoms with Gasteiger partial charge in [-0.2, -0.15) is 0 Å². The summed E-state index contributed by atoms with van der Waals surface area (Å²) >= 11 is 0. The van der Waals surface area contributed by atoms with Crippen molar-refractivity contribution < 1.29 is 9.53 Å². The standard InChI is InChI=1S/C27H41N5O4/c1-5-7-9-15-31(23-24(28)32(14-8-6-2)27(35)29-25(23)33)26(34)22-12-10-21(11-13-22)18-30-16-19(3)36-20(4)17-30/h10-13,19-20H,5-9,14-18,28H2,1-4H3,(H,29,33,35). The third-order valence-corrected chi connectivity index (χ3v) is 6.55. The molecular weight excluding hydrogens is 458 g/mol. The molecular formula is C27H41N5O4. The largest absolute Gasteiger partial charge is 0.383 e. The number of H-pyrrole nitrogens is 1. The number of nitrogen functional groups attached to an aromatic ring is 1.